The van der Waals surface area contributed by atoms with Gasteiger partial charge in [-0.2, -0.15) is 0 Å². The highest BCUT2D eigenvalue weighted by atomic mass is 32.2. The minimum Gasteiger partial charge on any atom is -0.484 e. The third-order valence-corrected chi connectivity index (χ3v) is 7.54. The lowest BCUT2D eigenvalue weighted by atomic mass is 9.87. The average molecular weight is 505 g/mol. The lowest BCUT2D eigenvalue weighted by molar-refractivity contribution is -0.143. The van der Waals surface area contributed by atoms with Crippen LogP contribution in [0.2, 0.25) is 0 Å². The van der Waals surface area contributed by atoms with Crippen molar-refractivity contribution in [1.29, 1.82) is 0 Å². The number of ether oxygens (including phenoxy) is 1. The van der Waals surface area contributed by atoms with Crippen LogP contribution in [0.25, 0.3) is 0 Å². The molecule has 0 aromatic heterocycles. The Balaban J connectivity index is 1.23. The van der Waals surface area contributed by atoms with E-state index in [0.29, 0.717) is 32.1 Å². The molecule has 1 atom stereocenters. The fourth-order valence-electron chi connectivity index (χ4n) is 4.30. The Morgan fingerprint density at radius 2 is 1.66 bits per heavy atom. The average Bonchev–Trinajstić information content (AvgIpc) is 3.28. The van der Waals surface area contributed by atoms with E-state index in [2.05, 4.69) is 10.6 Å². The van der Waals surface area contributed by atoms with Crippen LogP contribution in [0.15, 0.2) is 41.3 Å². The Bertz CT molecular complexity index is 1070. The zero-order valence-corrected chi connectivity index (χ0v) is 19.7. The maximum absolute atomic E-state index is 14.5. The minimum absolute atomic E-state index is 0.100. The Labute approximate surface area is 205 Å². The van der Waals surface area contributed by atoms with Crippen molar-refractivity contribution in [3.05, 3.63) is 59.2 Å². The monoisotopic (exact) mass is 504 g/mol. The summed E-state index contributed by atoms with van der Waals surface area (Å²) in [7, 11) is 0. The van der Waals surface area contributed by atoms with Crippen LogP contribution in [-0.4, -0.2) is 47.3 Å². The molecule has 2 aromatic rings. The highest BCUT2D eigenvalue weighted by Gasteiger charge is 2.29. The van der Waals surface area contributed by atoms with E-state index in [1.54, 1.807) is 0 Å². The minimum atomic E-state index is -0.998. The van der Waals surface area contributed by atoms with Crippen molar-refractivity contribution < 1.29 is 33.0 Å². The molecule has 10 heteroatoms. The standard InChI is InChI=1S/C25H26F2N2O5S/c26-18-11-16(12-19(27)22(18)34-17-7-5-14(6-8-17)25(32)33)23(30)28-9-10-29-24(31)21-13-15-3-1-2-4-20(15)35-21/h1-4,11-12,14,17,21H,5-10,13H2,(H,28,30)(H,29,31)(H,32,33)/t14-,17+,21?. The fourth-order valence-corrected chi connectivity index (χ4v) is 5.52. The fraction of sp³-hybridized carbons (Fsp3) is 0.400. The van der Waals surface area contributed by atoms with Gasteiger partial charge >= 0.3 is 5.97 Å². The summed E-state index contributed by atoms with van der Waals surface area (Å²) in [4.78, 5) is 36.9. The molecule has 3 N–H and O–H groups in total. The first-order chi connectivity index (χ1) is 16.8. The molecule has 35 heavy (non-hydrogen) atoms. The van der Waals surface area contributed by atoms with Crippen molar-refractivity contribution in [2.45, 2.75) is 48.4 Å². The van der Waals surface area contributed by atoms with Crippen LogP contribution >= 0.6 is 11.8 Å². The van der Waals surface area contributed by atoms with Crippen LogP contribution in [0.4, 0.5) is 8.78 Å². The summed E-state index contributed by atoms with van der Waals surface area (Å²) in [6.07, 6.45) is 1.69. The number of nitrogens with one attached hydrogen (secondary N) is 2. The molecule has 1 fully saturated rings. The van der Waals surface area contributed by atoms with Crippen LogP contribution in [0.1, 0.15) is 41.6 Å². The van der Waals surface area contributed by atoms with E-state index < -0.39 is 41.3 Å². The molecule has 0 saturated heterocycles. The molecule has 0 radical (unpaired) electrons. The second-order valence-corrected chi connectivity index (χ2v) is 9.91. The van der Waals surface area contributed by atoms with Gasteiger partial charge in [0, 0.05) is 23.5 Å². The van der Waals surface area contributed by atoms with Crippen molar-refractivity contribution in [2.24, 2.45) is 5.92 Å². The number of aliphatic carboxylic acids is 1. The van der Waals surface area contributed by atoms with Crippen LogP contribution < -0.4 is 15.4 Å². The molecular formula is C25H26F2N2O5S. The highest BCUT2D eigenvalue weighted by Crippen LogP contribution is 2.36. The normalized spacial score (nSPS) is 21.1. The van der Waals surface area contributed by atoms with Crippen LogP contribution in [0.5, 0.6) is 5.75 Å². The number of carboxylic acid groups (broad SMARTS) is 1. The van der Waals surface area contributed by atoms with E-state index >= 15 is 0 Å². The molecule has 0 spiro atoms. The molecule has 2 amide bonds. The summed E-state index contributed by atoms with van der Waals surface area (Å²) >= 11 is 1.50. The number of rotatable bonds is 8. The second-order valence-electron chi connectivity index (χ2n) is 8.66. The van der Waals surface area contributed by atoms with Gasteiger partial charge in [0.15, 0.2) is 17.4 Å². The van der Waals surface area contributed by atoms with Crippen molar-refractivity contribution in [1.82, 2.24) is 10.6 Å². The van der Waals surface area contributed by atoms with E-state index in [-0.39, 0.29) is 29.8 Å². The third kappa shape index (κ3) is 6.11. The van der Waals surface area contributed by atoms with E-state index in [0.717, 1.165) is 22.6 Å². The smallest absolute Gasteiger partial charge is 0.306 e. The zero-order chi connectivity index (χ0) is 24.9. The van der Waals surface area contributed by atoms with E-state index in [1.165, 1.54) is 11.8 Å². The third-order valence-electron chi connectivity index (χ3n) is 6.22. The molecule has 7 nitrogen and oxygen atoms in total. The maximum atomic E-state index is 14.5. The largest absolute Gasteiger partial charge is 0.484 e. The number of hydrogen-bond acceptors (Lipinski definition) is 5. The van der Waals surface area contributed by atoms with Gasteiger partial charge in [-0.1, -0.05) is 18.2 Å². The van der Waals surface area contributed by atoms with Gasteiger partial charge in [-0.05, 0) is 55.9 Å². The molecular weight excluding hydrogens is 478 g/mol. The molecule has 2 aliphatic rings. The number of carboxylic acids is 1. The number of amides is 2. The summed E-state index contributed by atoms with van der Waals surface area (Å²) < 4.78 is 34.5. The Morgan fingerprint density at radius 1 is 1.00 bits per heavy atom. The highest BCUT2D eigenvalue weighted by molar-refractivity contribution is 8.01. The number of thioether (sulfide) groups is 1. The summed E-state index contributed by atoms with van der Waals surface area (Å²) in [5.74, 6) is -4.71. The number of halogens is 2. The summed E-state index contributed by atoms with van der Waals surface area (Å²) in [6.45, 7) is 0.284. The molecule has 1 aliphatic heterocycles. The van der Waals surface area contributed by atoms with E-state index in [9.17, 15) is 23.2 Å². The quantitative estimate of drug-likeness (QED) is 0.475. The predicted molar refractivity (Wildman–Crippen MR) is 126 cm³/mol. The second kappa shape index (κ2) is 11.1. The summed E-state index contributed by atoms with van der Waals surface area (Å²) in [5, 5.41) is 14.1. The van der Waals surface area contributed by atoms with Gasteiger partial charge in [-0.25, -0.2) is 8.78 Å². The number of carbonyl (C=O) groups is 3. The Kier molecular flexibility index (Phi) is 7.90. The lowest BCUT2D eigenvalue weighted by Gasteiger charge is -2.27. The number of fused-ring (bicyclic) bond motifs is 1. The van der Waals surface area contributed by atoms with Crippen molar-refractivity contribution in [3.8, 4) is 5.75 Å². The van der Waals surface area contributed by atoms with Crippen LogP contribution in [0, 0.1) is 17.6 Å². The lowest BCUT2D eigenvalue weighted by Crippen LogP contribution is -2.38. The number of hydrogen-bond donors (Lipinski definition) is 3. The molecule has 1 saturated carbocycles. The van der Waals surface area contributed by atoms with E-state index in [4.69, 9.17) is 9.84 Å². The summed E-state index contributed by atoms with van der Waals surface area (Å²) in [6, 6.07) is 9.65. The number of carbonyl (C=O) groups excluding carboxylic acids is 2. The molecule has 1 heterocycles. The van der Waals surface area contributed by atoms with Crippen LogP contribution in [-0.2, 0) is 16.0 Å². The first-order valence-electron chi connectivity index (χ1n) is 11.5. The molecule has 1 aliphatic carbocycles. The summed E-state index contributed by atoms with van der Waals surface area (Å²) in [5.41, 5.74) is 0.936. The Morgan fingerprint density at radius 3 is 2.31 bits per heavy atom. The SMILES string of the molecule is O=C(NCCNC(=O)C1Cc2ccccc2S1)c1cc(F)c(O[C@H]2CC[C@@H](C(=O)O)CC2)c(F)c1. The predicted octanol–water partition coefficient (Wildman–Crippen LogP) is 3.55. The molecule has 2 aromatic carbocycles. The van der Waals surface area contributed by atoms with Gasteiger partial charge in [-0.15, -0.1) is 11.8 Å². The molecule has 4 rings (SSSR count). The van der Waals surface area contributed by atoms with E-state index in [1.807, 2.05) is 24.3 Å². The van der Waals surface area contributed by atoms with Gasteiger partial charge in [0.25, 0.3) is 5.91 Å². The molecule has 0 bridgehead atoms. The first kappa shape index (κ1) is 25.0. The first-order valence-corrected chi connectivity index (χ1v) is 12.4. The van der Waals surface area contributed by atoms with Crippen molar-refractivity contribution >= 4 is 29.5 Å². The zero-order valence-electron chi connectivity index (χ0n) is 18.9. The van der Waals surface area contributed by atoms with Gasteiger partial charge < -0.3 is 20.5 Å². The molecule has 186 valence electrons. The number of benzene rings is 2. The molecule has 1 unspecified atom stereocenters. The van der Waals surface area contributed by atoms with Gasteiger partial charge in [0.1, 0.15) is 0 Å². The van der Waals surface area contributed by atoms with Crippen LogP contribution in [0.3, 0.4) is 0 Å². The Hall–Kier alpha value is -3.14. The van der Waals surface area contributed by atoms with Gasteiger partial charge in [-0.3, -0.25) is 14.4 Å². The van der Waals surface area contributed by atoms with Gasteiger partial charge in [0.05, 0.1) is 17.3 Å². The van der Waals surface area contributed by atoms with Crippen molar-refractivity contribution in [3.63, 3.8) is 0 Å². The van der Waals surface area contributed by atoms with Crippen molar-refractivity contribution in [2.75, 3.05) is 13.1 Å². The van der Waals surface area contributed by atoms with Gasteiger partial charge in [0.2, 0.25) is 5.91 Å². The maximum Gasteiger partial charge on any atom is 0.306 e. The topological polar surface area (TPSA) is 105 Å².